The molecular weight excluding hydrogens is 426 g/mol. The van der Waals surface area contributed by atoms with Gasteiger partial charge < -0.3 is 46.4 Å². The summed E-state index contributed by atoms with van der Waals surface area (Å²) in [4.78, 5) is 22.4. The van der Waals surface area contributed by atoms with Crippen LogP contribution in [-0.4, -0.2) is 97.3 Å². The molecule has 1 aliphatic heterocycles. The number of hydrogen-bond acceptors (Lipinski definition) is 9. The Morgan fingerprint density at radius 2 is 1.74 bits per heavy atom. The molecule has 0 unspecified atom stereocenters. The van der Waals surface area contributed by atoms with Crippen molar-refractivity contribution in [2.24, 2.45) is 5.73 Å². The number of hydrogen-bond donors (Lipinski definition) is 8. The maximum Gasteiger partial charge on any atom is 0.325 e. The third-order valence-electron chi connectivity index (χ3n) is 5.31. The zero-order valence-corrected chi connectivity index (χ0v) is 17.2. The number of carboxylic acids is 1. The SMILES string of the molecule is C[C@H](NC(=O)[C@@H](N)CCCCCCC(F)(F)[C@]1(O)O[C@H](CO)[C@H](O)[C@H](O)[C@H]1O)C(=O)O. The summed E-state index contributed by atoms with van der Waals surface area (Å²) in [6, 6.07) is -2.04. The van der Waals surface area contributed by atoms with Crippen molar-refractivity contribution >= 4 is 11.9 Å². The smallest absolute Gasteiger partial charge is 0.325 e. The maximum atomic E-state index is 14.6. The number of carboxylic acid groups (broad SMARTS) is 1. The van der Waals surface area contributed by atoms with Crippen molar-refractivity contribution in [1.82, 2.24) is 5.32 Å². The molecule has 1 aliphatic rings. The highest BCUT2D eigenvalue weighted by atomic mass is 19.3. The number of aliphatic carboxylic acids is 1. The number of carbonyl (C=O) groups excluding carboxylic acids is 1. The van der Waals surface area contributed by atoms with Crippen LogP contribution in [0.2, 0.25) is 0 Å². The normalized spacial score (nSPS) is 31.1. The van der Waals surface area contributed by atoms with Gasteiger partial charge >= 0.3 is 11.9 Å². The van der Waals surface area contributed by atoms with Crippen LogP contribution in [0.15, 0.2) is 0 Å². The monoisotopic (exact) mass is 458 g/mol. The van der Waals surface area contributed by atoms with Gasteiger partial charge in [-0.25, -0.2) is 8.78 Å². The van der Waals surface area contributed by atoms with Gasteiger partial charge in [-0.05, 0) is 19.8 Å². The number of unbranched alkanes of at least 4 members (excludes halogenated alkanes) is 3. The predicted molar refractivity (Wildman–Crippen MR) is 101 cm³/mol. The molecule has 0 bridgehead atoms. The third-order valence-corrected chi connectivity index (χ3v) is 5.31. The van der Waals surface area contributed by atoms with Crippen LogP contribution in [0, 0.1) is 0 Å². The van der Waals surface area contributed by atoms with E-state index < -0.39 is 73.1 Å². The fourth-order valence-corrected chi connectivity index (χ4v) is 3.21. The molecule has 9 N–H and O–H groups in total. The molecule has 1 rings (SSSR count). The average Bonchev–Trinajstić information content (AvgIpc) is 2.70. The van der Waals surface area contributed by atoms with Gasteiger partial charge in [0, 0.05) is 6.42 Å². The number of alkyl halides is 2. The summed E-state index contributed by atoms with van der Waals surface area (Å²) in [6.07, 6.45) is -7.92. The van der Waals surface area contributed by atoms with Gasteiger partial charge in [0.1, 0.15) is 30.5 Å². The van der Waals surface area contributed by atoms with Crippen LogP contribution in [0.1, 0.15) is 45.4 Å². The molecule has 0 saturated carbocycles. The molecule has 1 saturated heterocycles. The fraction of sp³-hybridized carbons (Fsp3) is 0.889. The topological polar surface area (TPSA) is 203 Å². The van der Waals surface area contributed by atoms with Gasteiger partial charge in [0.15, 0.2) is 0 Å². The minimum Gasteiger partial charge on any atom is -0.480 e. The van der Waals surface area contributed by atoms with E-state index in [2.05, 4.69) is 10.1 Å². The Morgan fingerprint density at radius 3 is 2.29 bits per heavy atom. The first-order valence-corrected chi connectivity index (χ1v) is 10.00. The highest BCUT2D eigenvalue weighted by Crippen LogP contribution is 2.42. The first-order chi connectivity index (χ1) is 14.3. The molecule has 0 radical (unpaired) electrons. The fourth-order valence-electron chi connectivity index (χ4n) is 3.21. The molecule has 31 heavy (non-hydrogen) atoms. The second kappa shape index (κ2) is 11.4. The van der Waals surface area contributed by atoms with Crippen molar-refractivity contribution in [3.8, 4) is 0 Å². The van der Waals surface area contributed by atoms with Gasteiger partial charge in [-0.3, -0.25) is 9.59 Å². The van der Waals surface area contributed by atoms with Crippen molar-refractivity contribution < 1.29 is 53.7 Å². The van der Waals surface area contributed by atoms with Crippen LogP contribution in [0.3, 0.4) is 0 Å². The largest absolute Gasteiger partial charge is 0.480 e. The maximum absolute atomic E-state index is 14.6. The molecule has 0 aromatic rings. The molecule has 13 heteroatoms. The Bertz CT molecular complexity index is 611. The van der Waals surface area contributed by atoms with Crippen LogP contribution in [0.4, 0.5) is 8.78 Å². The number of aliphatic hydroxyl groups excluding tert-OH is 4. The number of ether oxygens (including phenoxy) is 1. The second-order valence-corrected chi connectivity index (χ2v) is 7.79. The van der Waals surface area contributed by atoms with Crippen LogP contribution < -0.4 is 11.1 Å². The molecule has 1 fully saturated rings. The summed E-state index contributed by atoms with van der Waals surface area (Å²) in [5.41, 5.74) is 5.66. The molecule has 7 atom stereocenters. The van der Waals surface area contributed by atoms with E-state index in [0.717, 1.165) is 0 Å². The standard InChI is InChI=1S/C18H32F2N2O9/c1-9(16(28)29)22-15(27)10(21)6-4-2-3-5-7-17(19,20)18(30)14(26)13(25)12(24)11(8-23)31-18/h9-14,23-26,30H,2-8,21H2,1H3,(H,22,27)(H,28,29)/t9-,10-,11+,12-,13-,14+,18+/m0/s1. The lowest BCUT2D eigenvalue weighted by Crippen LogP contribution is -2.71. The molecule has 0 aromatic carbocycles. The van der Waals surface area contributed by atoms with Crippen LogP contribution in [-0.2, 0) is 14.3 Å². The van der Waals surface area contributed by atoms with E-state index in [1.165, 1.54) is 6.92 Å². The van der Waals surface area contributed by atoms with Crippen LogP contribution in [0.25, 0.3) is 0 Å². The lowest BCUT2D eigenvalue weighted by Gasteiger charge is -2.48. The lowest BCUT2D eigenvalue weighted by molar-refractivity contribution is -0.412. The lowest BCUT2D eigenvalue weighted by atomic mass is 9.87. The van der Waals surface area contributed by atoms with Crippen molar-refractivity contribution in [2.75, 3.05) is 6.61 Å². The van der Waals surface area contributed by atoms with Crippen molar-refractivity contribution in [2.45, 2.75) is 93.7 Å². The Labute approximate surface area is 177 Å². The van der Waals surface area contributed by atoms with E-state index >= 15 is 0 Å². The zero-order valence-electron chi connectivity index (χ0n) is 17.2. The number of halogens is 2. The van der Waals surface area contributed by atoms with Gasteiger partial charge in [0.25, 0.3) is 5.79 Å². The Hall–Kier alpha value is -1.48. The summed E-state index contributed by atoms with van der Waals surface area (Å²) in [7, 11) is 0. The van der Waals surface area contributed by atoms with E-state index in [1.807, 2.05) is 0 Å². The third kappa shape index (κ3) is 6.75. The first-order valence-electron chi connectivity index (χ1n) is 10.00. The number of nitrogens with two attached hydrogens (primary N) is 1. The summed E-state index contributed by atoms with van der Waals surface area (Å²) >= 11 is 0. The number of carbonyl (C=O) groups is 2. The minimum atomic E-state index is -4.00. The van der Waals surface area contributed by atoms with Crippen molar-refractivity contribution in [3.05, 3.63) is 0 Å². The summed E-state index contributed by atoms with van der Waals surface area (Å²) < 4.78 is 33.8. The van der Waals surface area contributed by atoms with E-state index in [9.17, 15) is 38.8 Å². The molecule has 1 amide bonds. The number of nitrogens with one attached hydrogen (secondary N) is 1. The second-order valence-electron chi connectivity index (χ2n) is 7.79. The molecule has 0 aromatic heterocycles. The highest BCUT2D eigenvalue weighted by molar-refractivity contribution is 5.86. The molecule has 1 heterocycles. The number of amides is 1. The Kier molecular flexibility index (Phi) is 10.1. The van der Waals surface area contributed by atoms with E-state index in [0.29, 0.717) is 12.8 Å². The van der Waals surface area contributed by atoms with Gasteiger partial charge in [0.2, 0.25) is 5.91 Å². The van der Waals surface area contributed by atoms with E-state index in [-0.39, 0.29) is 19.3 Å². The molecule has 182 valence electrons. The first kappa shape index (κ1) is 27.6. The minimum absolute atomic E-state index is 0.106. The highest BCUT2D eigenvalue weighted by Gasteiger charge is 2.65. The summed E-state index contributed by atoms with van der Waals surface area (Å²) in [5.74, 6) is -9.32. The van der Waals surface area contributed by atoms with Crippen LogP contribution in [0.5, 0.6) is 0 Å². The predicted octanol–water partition coefficient (Wildman–Crippen LogP) is -1.96. The summed E-state index contributed by atoms with van der Waals surface area (Å²) in [5, 5.41) is 59.4. The van der Waals surface area contributed by atoms with Crippen molar-refractivity contribution in [1.29, 1.82) is 0 Å². The van der Waals surface area contributed by atoms with E-state index in [1.54, 1.807) is 0 Å². The molecule has 11 nitrogen and oxygen atoms in total. The Balaban J connectivity index is 2.45. The Morgan fingerprint density at radius 1 is 1.16 bits per heavy atom. The number of aliphatic hydroxyl groups is 5. The van der Waals surface area contributed by atoms with Crippen molar-refractivity contribution in [3.63, 3.8) is 0 Å². The summed E-state index contributed by atoms with van der Waals surface area (Å²) in [6.45, 7) is 0.332. The quantitative estimate of drug-likeness (QED) is 0.152. The molecule has 0 aliphatic carbocycles. The zero-order chi connectivity index (χ0) is 24.0. The van der Waals surface area contributed by atoms with Gasteiger partial charge in [0.05, 0.1) is 12.6 Å². The number of rotatable bonds is 12. The molecule has 0 spiro atoms. The van der Waals surface area contributed by atoms with Gasteiger partial charge in [-0.2, -0.15) is 0 Å². The average molecular weight is 458 g/mol. The molecular formula is C18H32F2N2O9. The van der Waals surface area contributed by atoms with Gasteiger partial charge in [-0.15, -0.1) is 0 Å². The van der Waals surface area contributed by atoms with Gasteiger partial charge in [-0.1, -0.05) is 19.3 Å². The van der Waals surface area contributed by atoms with Crippen LogP contribution >= 0.6 is 0 Å². The van der Waals surface area contributed by atoms with E-state index in [4.69, 9.17) is 15.9 Å².